The third-order valence-corrected chi connectivity index (χ3v) is 5.14. The lowest BCUT2D eigenvalue weighted by Crippen LogP contribution is -2.33. The standard InChI is InChI=1S/C20H26N2O2S/c1-16-5-9-18(10-6-16)13-14-25(23,24)21-15-20(22(3)4)19-11-7-17(2)8-12-19/h5-14,20-21H,15H2,1-4H3/b14-13+. The van der Waals surface area contributed by atoms with Crippen molar-refractivity contribution in [1.29, 1.82) is 0 Å². The zero-order chi connectivity index (χ0) is 18.4. The van der Waals surface area contributed by atoms with E-state index in [1.54, 1.807) is 6.08 Å². The topological polar surface area (TPSA) is 49.4 Å². The molecule has 1 unspecified atom stereocenters. The van der Waals surface area contributed by atoms with Gasteiger partial charge in [-0.3, -0.25) is 0 Å². The van der Waals surface area contributed by atoms with Crippen molar-refractivity contribution in [2.75, 3.05) is 20.6 Å². The molecule has 0 saturated carbocycles. The van der Waals surface area contributed by atoms with Gasteiger partial charge in [-0.25, -0.2) is 13.1 Å². The average Bonchev–Trinajstić information content (AvgIpc) is 2.56. The molecule has 0 aromatic heterocycles. The van der Waals surface area contributed by atoms with Crippen molar-refractivity contribution in [3.8, 4) is 0 Å². The number of hydrogen-bond acceptors (Lipinski definition) is 3. The number of rotatable bonds is 7. The van der Waals surface area contributed by atoms with Gasteiger partial charge in [0.2, 0.25) is 10.0 Å². The fourth-order valence-electron chi connectivity index (χ4n) is 2.48. The van der Waals surface area contributed by atoms with Gasteiger partial charge >= 0.3 is 0 Å². The number of hydrogen-bond donors (Lipinski definition) is 1. The van der Waals surface area contributed by atoms with E-state index in [0.29, 0.717) is 6.54 Å². The molecule has 0 fully saturated rings. The molecular weight excluding hydrogens is 332 g/mol. The van der Waals surface area contributed by atoms with Crippen LogP contribution < -0.4 is 4.72 Å². The highest BCUT2D eigenvalue weighted by Crippen LogP contribution is 2.18. The highest BCUT2D eigenvalue weighted by Gasteiger charge is 2.16. The van der Waals surface area contributed by atoms with Crippen LogP contribution in [0.4, 0.5) is 0 Å². The number of benzene rings is 2. The maximum atomic E-state index is 12.3. The van der Waals surface area contributed by atoms with E-state index < -0.39 is 10.0 Å². The first-order valence-corrected chi connectivity index (χ1v) is 9.79. The molecule has 25 heavy (non-hydrogen) atoms. The van der Waals surface area contributed by atoms with Gasteiger partial charge < -0.3 is 4.90 Å². The summed E-state index contributed by atoms with van der Waals surface area (Å²) in [7, 11) is 0.399. The van der Waals surface area contributed by atoms with Crippen molar-refractivity contribution in [2.24, 2.45) is 0 Å². The molecule has 5 heteroatoms. The van der Waals surface area contributed by atoms with Crippen molar-refractivity contribution < 1.29 is 8.42 Å². The van der Waals surface area contributed by atoms with E-state index in [4.69, 9.17) is 0 Å². The molecule has 0 aliphatic carbocycles. The van der Waals surface area contributed by atoms with Gasteiger partial charge in [0.05, 0.1) is 0 Å². The number of nitrogens with zero attached hydrogens (tertiary/aromatic N) is 1. The van der Waals surface area contributed by atoms with Crippen molar-refractivity contribution in [3.63, 3.8) is 0 Å². The number of sulfonamides is 1. The number of aryl methyl sites for hydroxylation is 2. The minimum atomic E-state index is -3.49. The summed E-state index contributed by atoms with van der Waals surface area (Å²) in [6.45, 7) is 4.35. The maximum Gasteiger partial charge on any atom is 0.233 e. The molecule has 1 atom stereocenters. The smallest absolute Gasteiger partial charge is 0.233 e. The first-order valence-electron chi connectivity index (χ1n) is 8.24. The maximum absolute atomic E-state index is 12.3. The van der Waals surface area contributed by atoms with Crippen LogP contribution in [-0.2, 0) is 10.0 Å². The molecule has 0 heterocycles. The number of likely N-dealkylation sites (N-methyl/N-ethyl adjacent to an activating group) is 1. The predicted molar refractivity (Wildman–Crippen MR) is 105 cm³/mol. The fraction of sp³-hybridized carbons (Fsp3) is 0.300. The second-order valence-electron chi connectivity index (χ2n) is 6.50. The summed E-state index contributed by atoms with van der Waals surface area (Å²) in [5.74, 6) is 0. The van der Waals surface area contributed by atoms with E-state index in [9.17, 15) is 8.42 Å². The van der Waals surface area contributed by atoms with Gasteiger partial charge in [0.25, 0.3) is 0 Å². The second kappa shape index (κ2) is 8.43. The molecule has 4 nitrogen and oxygen atoms in total. The van der Waals surface area contributed by atoms with Crippen LogP contribution in [0.1, 0.15) is 28.3 Å². The van der Waals surface area contributed by atoms with Gasteiger partial charge in [-0.15, -0.1) is 0 Å². The molecule has 134 valence electrons. The Morgan fingerprint density at radius 2 is 1.48 bits per heavy atom. The van der Waals surface area contributed by atoms with Gasteiger partial charge in [-0.05, 0) is 45.1 Å². The Morgan fingerprint density at radius 1 is 0.960 bits per heavy atom. The Balaban J connectivity index is 2.05. The normalized spacial score (nSPS) is 13.5. The molecule has 2 rings (SSSR count). The third kappa shape index (κ3) is 6.12. The number of nitrogens with one attached hydrogen (secondary N) is 1. The second-order valence-corrected chi connectivity index (χ2v) is 8.15. The zero-order valence-corrected chi connectivity index (χ0v) is 16.0. The quantitative estimate of drug-likeness (QED) is 0.824. The molecule has 2 aromatic carbocycles. The fourth-order valence-corrected chi connectivity index (χ4v) is 3.30. The summed E-state index contributed by atoms with van der Waals surface area (Å²) in [5.41, 5.74) is 4.27. The van der Waals surface area contributed by atoms with E-state index in [1.165, 1.54) is 11.0 Å². The predicted octanol–water partition coefficient (Wildman–Crippen LogP) is 3.50. The van der Waals surface area contributed by atoms with Crippen LogP contribution in [0, 0.1) is 13.8 Å². The Kier molecular flexibility index (Phi) is 6.53. The van der Waals surface area contributed by atoms with Crippen LogP contribution in [0.2, 0.25) is 0 Å². The van der Waals surface area contributed by atoms with Crippen molar-refractivity contribution in [2.45, 2.75) is 19.9 Å². The molecule has 0 bridgehead atoms. The SMILES string of the molecule is Cc1ccc(/C=C/S(=O)(=O)NCC(c2ccc(C)cc2)N(C)C)cc1. The van der Waals surface area contributed by atoms with E-state index in [2.05, 4.69) is 4.72 Å². The molecule has 2 aromatic rings. The highest BCUT2D eigenvalue weighted by atomic mass is 32.2. The first-order chi connectivity index (χ1) is 11.8. The van der Waals surface area contributed by atoms with Gasteiger partial charge in [0, 0.05) is 18.0 Å². The molecule has 0 aliphatic rings. The van der Waals surface area contributed by atoms with Crippen LogP contribution in [0.3, 0.4) is 0 Å². The summed E-state index contributed by atoms with van der Waals surface area (Å²) in [6.07, 6.45) is 1.61. The highest BCUT2D eigenvalue weighted by molar-refractivity contribution is 7.92. The van der Waals surface area contributed by atoms with Crippen LogP contribution in [0.25, 0.3) is 6.08 Å². The summed E-state index contributed by atoms with van der Waals surface area (Å²) in [6, 6.07) is 15.8. The first kappa shape index (κ1) is 19.4. The van der Waals surface area contributed by atoms with E-state index in [1.807, 2.05) is 81.4 Å². The van der Waals surface area contributed by atoms with Crippen molar-refractivity contribution >= 4 is 16.1 Å². The van der Waals surface area contributed by atoms with Gasteiger partial charge in [-0.1, -0.05) is 59.7 Å². The lowest BCUT2D eigenvalue weighted by Gasteiger charge is -2.25. The Morgan fingerprint density at radius 3 is 2.00 bits per heavy atom. The van der Waals surface area contributed by atoms with Crippen molar-refractivity contribution in [3.05, 3.63) is 76.2 Å². The Bertz CT molecular complexity index is 808. The molecule has 1 N–H and O–H groups in total. The molecule has 0 amide bonds. The lowest BCUT2D eigenvalue weighted by molar-refractivity contribution is 0.299. The van der Waals surface area contributed by atoms with Crippen LogP contribution in [0.5, 0.6) is 0 Å². The summed E-state index contributed by atoms with van der Waals surface area (Å²) >= 11 is 0. The van der Waals surface area contributed by atoms with Crippen LogP contribution >= 0.6 is 0 Å². The van der Waals surface area contributed by atoms with Gasteiger partial charge in [0.1, 0.15) is 0 Å². The molecule has 0 spiro atoms. The van der Waals surface area contributed by atoms with E-state index in [-0.39, 0.29) is 6.04 Å². The Labute approximate surface area is 151 Å². The van der Waals surface area contributed by atoms with Crippen molar-refractivity contribution in [1.82, 2.24) is 9.62 Å². The van der Waals surface area contributed by atoms with Crippen LogP contribution in [-0.4, -0.2) is 34.0 Å². The van der Waals surface area contributed by atoms with Gasteiger partial charge in [-0.2, -0.15) is 0 Å². The lowest BCUT2D eigenvalue weighted by atomic mass is 10.0. The average molecular weight is 359 g/mol. The largest absolute Gasteiger partial charge is 0.301 e. The van der Waals surface area contributed by atoms with Gasteiger partial charge in [0.15, 0.2) is 0 Å². The minimum absolute atomic E-state index is 0.0249. The molecule has 0 aliphatic heterocycles. The summed E-state index contributed by atoms with van der Waals surface area (Å²) in [4.78, 5) is 2.01. The molecular formula is C20H26N2O2S. The third-order valence-electron chi connectivity index (χ3n) is 4.08. The Hall–Kier alpha value is -1.95. The summed E-state index contributed by atoms with van der Waals surface area (Å²) in [5, 5.41) is 1.22. The minimum Gasteiger partial charge on any atom is -0.301 e. The summed E-state index contributed by atoms with van der Waals surface area (Å²) < 4.78 is 27.2. The van der Waals surface area contributed by atoms with E-state index >= 15 is 0 Å². The monoisotopic (exact) mass is 358 g/mol. The molecule has 0 radical (unpaired) electrons. The van der Waals surface area contributed by atoms with Crippen LogP contribution in [0.15, 0.2) is 53.9 Å². The molecule has 0 saturated heterocycles. The van der Waals surface area contributed by atoms with E-state index in [0.717, 1.165) is 16.7 Å². The zero-order valence-electron chi connectivity index (χ0n) is 15.2.